The van der Waals surface area contributed by atoms with Crippen LogP contribution in [0.5, 0.6) is 0 Å². The van der Waals surface area contributed by atoms with Gasteiger partial charge in [-0.25, -0.2) is 0 Å². The molecule has 0 radical (unpaired) electrons. The topological polar surface area (TPSA) is 20.3 Å². The van der Waals surface area contributed by atoms with Crippen molar-refractivity contribution >= 4 is 21.8 Å². The zero-order valence-corrected chi connectivity index (χ0v) is 8.62. The Morgan fingerprint density at radius 2 is 1.71 bits per heavy atom. The summed E-state index contributed by atoms with van der Waals surface area (Å²) in [5.41, 5.74) is 0. The summed E-state index contributed by atoms with van der Waals surface area (Å²) in [5, 5.41) is 0.128. The van der Waals surface area contributed by atoms with Crippen LogP contribution in [-0.4, -0.2) is 41.8 Å². The summed E-state index contributed by atoms with van der Waals surface area (Å²) in [5.74, 6) is -7.56. The maximum absolute atomic E-state index is 12.4. The molecule has 0 aliphatic carbocycles. The highest BCUT2D eigenvalue weighted by atomic mass is 79.9. The van der Waals surface area contributed by atoms with E-state index in [0.29, 0.717) is 4.90 Å². The second kappa shape index (κ2) is 4.41. The fourth-order valence-corrected chi connectivity index (χ4v) is 1.12. The molecule has 0 aliphatic rings. The van der Waals surface area contributed by atoms with Crippen LogP contribution in [0, 0.1) is 0 Å². The van der Waals surface area contributed by atoms with Gasteiger partial charge in [0.1, 0.15) is 0 Å². The first-order valence-electron chi connectivity index (χ1n) is 3.40. The second-order valence-corrected chi connectivity index (χ2v) is 3.28. The van der Waals surface area contributed by atoms with Gasteiger partial charge in [0.15, 0.2) is 0 Å². The highest BCUT2D eigenvalue weighted by Gasteiger charge is 2.64. The fourth-order valence-electron chi connectivity index (χ4n) is 0.589. The maximum atomic E-state index is 12.4. The molecular weight excluding hydrogens is 277 g/mol. The summed E-state index contributed by atoms with van der Waals surface area (Å²) in [7, 11) is 0.878. The Labute approximate surface area is 85.2 Å². The van der Waals surface area contributed by atoms with Crippen LogP contribution in [0.25, 0.3) is 0 Å². The van der Waals surface area contributed by atoms with Crippen molar-refractivity contribution in [1.29, 1.82) is 0 Å². The molecule has 1 amide bonds. The van der Waals surface area contributed by atoms with Crippen LogP contribution in [-0.2, 0) is 4.79 Å². The first-order valence-corrected chi connectivity index (χ1v) is 4.52. The second-order valence-electron chi connectivity index (χ2n) is 2.49. The molecule has 0 atom stereocenters. The number of hydrogen-bond donors (Lipinski definition) is 0. The smallest absolute Gasteiger partial charge is 0.339 e. The number of rotatable bonds is 3. The normalized spacial score (nSPS) is 12.8. The Bertz CT molecular complexity index is 217. The van der Waals surface area contributed by atoms with Crippen molar-refractivity contribution in [2.75, 3.05) is 18.9 Å². The van der Waals surface area contributed by atoms with E-state index in [-0.39, 0.29) is 11.9 Å². The van der Waals surface area contributed by atoms with Crippen molar-refractivity contribution in [2.45, 2.75) is 12.1 Å². The molecule has 0 rings (SSSR count). The Morgan fingerprint density at radius 1 is 1.29 bits per heavy atom. The van der Waals surface area contributed by atoms with Gasteiger partial charge in [-0.3, -0.25) is 4.79 Å². The van der Waals surface area contributed by atoms with Gasteiger partial charge < -0.3 is 4.90 Å². The summed E-state index contributed by atoms with van der Waals surface area (Å²) in [6, 6.07) is 0. The van der Waals surface area contributed by atoms with Gasteiger partial charge in [0.2, 0.25) is 0 Å². The van der Waals surface area contributed by atoms with Crippen LogP contribution in [0.2, 0.25) is 0 Å². The van der Waals surface area contributed by atoms with Gasteiger partial charge in [0.25, 0.3) is 0 Å². The Hall–Kier alpha value is -0.400. The van der Waals surface area contributed by atoms with Crippen molar-refractivity contribution in [1.82, 2.24) is 4.90 Å². The van der Waals surface area contributed by atoms with Crippen LogP contribution >= 0.6 is 15.9 Å². The van der Waals surface area contributed by atoms with Crippen molar-refractivity contribution in [3.63, 3.8) is 0 Å². The summed E-state index contributed by atoms with van der Waals surface area (Å²) < 4.78 is 59.8. The van der Waals surface area contributed by atoms with Crippen LogP contribution in [0.4, 0.5) is 22.0 Å². The highest BCUT2D eigenvalue weighted by Crippen LogP contribution is 2.36. The Balaban J connectivity index is 4.67. The van der Waals surface area contributed by atoms with E-state index >= 15 is 0 Å². The lowest BCUT2D eigenvalue weighted by molar-refractivity contribution is -0.273. The standard InChI is InChI=1S/C6H7BrF5NO/c1-13(3-2-7)4(14)5(8,9)6(10,11)12/h2-3H2,1H3. The minimum Gasteiger partial charge on any atom is -0.339 e. The molecular formula is C6H7BrF5NO. The van der Waals surface area contributed by atoms with E-state index in [4.69, 9.17) is 0 Å². The van der Waals surface area contributed by atoms with Crippen LogP contribution in [0.15, 0.2) is 0 Å². The molecule has 0 saturated heterocycles. The zero-order chi connectivity index (χ0) is 11.6. The van der Waals surface area contributed by atoms with Crippen molar-refractivity contribution in [2.24, 2.45) is 0 Å². The van der Waals surface area contributed by atoms with Gasteiger partial charge in [-0.05, 0) is 0 Å². The van der Waals surface area contributed by atoms with E-state index in [2.05, 4.69) is 15.9 Å². The van der Waals surface area contributed by atoms with Gasteiger partial charge in [-0.1, -0.05) is 15.9 Å². The highest BCUT2D eigenvalue weighted by molar-refractivity contribution is 9.09. The third kappa shape index (κ3) is 2.79. The Morgan fingerprint density at radius 3 is 2.00 bits per heavy atom. The summed E-state index contributed by atoms with van der Waals surface area (Å²) in [6.45, 7) is -0.218. The lowest BCUT2D eigenvalue weighted by Gasteiger charge is -2.24. The molecule has 14 heavy (non-hydrogen) atoms. The molecule has 0 aromatic heterocycles. The minimum absolute atomic E-state index is 0.128. The van der Waals surface area contributed by atoms with Crippen molar-refractivity contribution in [3.05, 3.63) is 0 Å². The molecule has 0 aliphatic heterocycles. The third-order valence-corrected chi connectivity index (χ3v) is 1.75. The van der Waals surface area contributed by atoms with Gasteiger partial charge >= 0.3 is 18.0 Å². The molecule has 84 valence electrons. The predicted octanol–water partition coefficient (Wildman–Crippen LogP) is 2.04. The average Bonchev–Trinajstić information content (AvgIpc) is 2.01. The quantitative estimate of drug-likeness (QED) is 0.573. The zero-order valence-electron chi connectivity index (χ0n) is 7.04. The molecule has 0 saturated carbocycles. The van der Waals surface area contributed by atoms with Crippen molar-refractivity contribution in [3.8, 4) is 0 Å². The van der Waals surface area contributed by atoms with Crippen LogP contribution < -0.4 is 0 Å². The molecule has 0 aromatic rings. The SMILES string of the molecule is CN(CCBr)C(=O)C(F)(F)C(F)(F)F. The van der Waals surface area contributed by atoms with Gasteiger partial charge in [0.05, 0.1) is 0 Å². The van der Waals surface area contributed by atoms with E-state index < -0.39 is 18.0 Å². The van der Waals surface area contributed by atoms with Crippen LogP contribution in [0.3, 0.4) is 0 Å². The number of nitrogens with zero attached hydrogens (tertiary/aromatic N) is 1. The number of carbonyl (C=O) groups is 1. The molecule has 2 nitrogen and oxygen atoms in total. The molecule has 0 fully saturated rings. The maximum Gasteiger partial charge on any atom is 0.463 e. The fraction of sp³-hybridized carbons (Fsp3) is 0.833. The summed E-state index contributed by atoms with van der Waals surface area (Å²) >= 11 is 2.82. The third-order valence-electron chi connectivity index (χ3n) is 1.39. The van der Waals surface area contributed by atoms with E-state index in [1.165, 1.54) is 0 Å². The van der Waals surface area contributed by atoms with Gasteiger partial charge in [-0.2, -0.15) is 22.0 Å². The molecule has 0 N–H and O–H groups in total. The van der Waals surface area contributed by atoms with E-state index in [0.717, 1.165) is 7.05 Å². The first-order chi connectivity index (χ1) is 6.14. The van der Waals surface area contributed by atoms with Crippen molar-refractivity contribution < 1.29 is 26.7 Å². The number of hydrogen-bond acceptors (Lipinski definition) is 1. The summed E-state index contributed by atoms with van der Waals surface area (Å²) in [6.07, 6.45) is -5.84. The molecule has 0 spiro atoms. The average molecular weight is 284 g/mol. The predicted molar refractivity (Wildman–Crippen MR) is 42.4 cm³/mol. The molecule has 0 heterocycles. The minimum atomic E-state index is -5.84. The molecule has 0 unspecified atom stereocenters. The number of alkyl halides is 6. The van der Waals surface area contributed by atoms with Gasteiger partial charge in [0, 0.05) is 18.9 Å². The summed E-state index contributed by atoms with van der Waals surface area (Å²) in [4.78, 5) is 11.0. The number of carbonyl (C=O) groups excluding carboxylic acids is 1. The monoisotopic (exact) mass is 283 g/mol. The Kier molecular flexibility index (Phi) is 4.29. The van der Waals surface area contributed by atoms with E-state index in [1.807, 2.05) is 0 Å². The largest absolute Gasteiger partial charge is 0.463 e. The van der Waals surface area contributed by atoms with E-state index in [1.54, 1.807) is 0 Å². The lowest BCUT2D eigenvalue weighted by Crippen LogP contribution is -2.51. The first kappa shape index (κ1) is 13.6. The molecule has 8 heteroatoms. The van der Waals surface area contributed by atoms with Crippen LogP contribution in [0.1, 0.15) is 0 Å². The number of amides is 1. The number of halogens is 6. The molecule has 0 bridgehead atoms. The van der Waals surface area contributed by atoms with E-state index in [9.17, 15) is 26.7 Å². The molecule has 0 aromatic carbocycles. The van der Waals surface area contributed by atoms with Gasteiger partial charge in [-0.15, -0.1) is 0 Å². The lowest BCUT2D eigenvalue weighted by atomic mass is 10.3.